The van der Waals surface area contributed by atoms with Gasteiger partial charge < -0.3 is 10.1 Å². The number of aromatic nitrogens is 4. The fourth-order valence-corrected chi connectivity index (χ4v) is 4.24. The summed E-state index contributed by atoms with van der Waals surface area (Å²) in [5.74, 6) is 0.834. The van der Waals surface area contributed by atoms with Crippen LogP contribution in [-0.2, 0) is 20.7 Å². The van der Waals surface area contributed by atoms with Gasteiger partial charge in [0.2, 0.25) is 5.16 Å². The molecule has 0 aromatic carbocycles. The normalized spacial score (nSPS) is 21.9. The van der Waals surface area contributed by atoms with Crippen LogP contribution in [0.4, 0.5) is 0 Å². The van der Waals surface area contributed by atoms with Gasteiger partial charge in [0.05, 0.1) is 6.42 Å². The van der Waals surface area contributed by atoms with Gasteiger partial charge in [-0.25, -0.2) is 9.50 Å². The molecule has 0 saturated heterocycles. The number of carbonyl (C=O) groups is 2. The number of esters is 1. The summed E-state index contributed by atoms with van der Waals surface area (Å²) in [5.41, 5.74) is 2.25. The van der Waals surface area contributed by atoms with E-state index >= 15 is 0 Å². The van der Waals surface area contributed by atoms with E-state index in [9.17, 15) is 9.59 Å². The maximum atomic E-state index is 12.3. The second-order valence-corrected chi connectivity index (χ2v) is 8.62. The molecule has 1 fully saturated rings. The molecule has 1 amide bonds. The zero-order chi connectivity index (χ0) is 21.1. The average molecular weight is 420 g/mol. The highest BCUT2D eigenvalue weighted by Gasteiger charge is 2.28. The molecule has 0 bridgehead atoms. The third-order valence-electron chi connectivity index (χ3n) is 5.95. The molecule has 8 nitrogen and oxygen atoms in total. The number of thioether (sulfide) groups is 1. The summed E-state index contributed by atoms with van der Waals surface area (Å²) in [7, 11) is 0. The number of hydrogen-bond donors (Lipinski definition) is 1. The highest BCUT2D eigenvalue weighted by Crippen LogP contribution is 2.29. The Kier molecular flexibility index (Phi) is 6.77. The second-order valence-electron chi connectivity index (χ2n) is 7.85. The van der Waals surface area contributed by atoms with E-state index < -0.39 is 5.97 Å². The number of fused-ring (bicyclic) bond motifs is 1. The molecule has 158 valence electrons. The molecule has 2 heterocycles. The van der Waals surface area contributed by atoms with E-state index in [4.69, 9.17) is 4.74 Å². The molecule has 0 aliphatic heterocycles. The lowest BCUT2D eigenvalue weighted by molar-refractivity contribution is -0.148. The van der Waals surface area contributed by atoms with Crippen molar-refractivity contribution in [3.8, 4) is 0 Å². The van der Waals surface area contributed by atoms with Gasteiger partial charge in [0.1, 0.15) is 0 Å². The number of carbonyl (C=O) groups excluding carboxylic acids is 2. The lowest BCUT2D eigenvalue weighted by Gasteiger charge is -2.34. The van der Waals surface area contributed by atoms with Crippen LogP contribution in [0.5, 0.6) is 0 Å². The molecular formula is C20H29N5O3S. The van der Waals surface area contributed by atoms with Crippen molar-refractivity contribution >= 4 is 29.4 Å². The lowest BCUT2D eigenvalue weighted by Crippen LogP contribution is -2.45. The summed E-state index contributed by atoms with van der Waals surface area (Å²) in [6.45, 7) is 7.84. The van der Waals surface area contributed by atoms with Gasteiger partial charge in [0.25, 0.3) is 11.7 Å². The zero-order valence-electron chi connectivity index (χ0n) is 17.7. The van der Waals surface area contributed by atoms with Gasteiger partial charge in [0, 0.05) is 23.0 Å². The first kappa shape index (κ1) is 21.5. The number of amides is 1. The predicted molar refractivity (Wildman–Crippen MR) is 111 cm³/mol. The first-order valence-electron chi connectivity index (χ1n) is 10.0. The van der Waals surface area contributed by atoms with E-state index in [1.807, 2.05) is 20.1 Å². The van der Waals surface area contributed by atoms with Gasteiger partial charge in [-0.1, -0.05) is 38.5 Å². The van der Waals surface area contributed by atoms with Crippen LogP contribution >= 0.6 is 11.8 Å². The molecule has 1 N–H and O–H groups in total. The van der Waals surface area contributed by atoms with Crippen molar-refractivity contribution in [1.82, 2.24) is 24.9 Å². The Morgan fingerprint density at radius 2 is 2.00 bits per heavy atom. The summed E-state index contributed by atoms with van der Waals surface area (Å²) >= 11 is 1.44. The molecule has 0 radical (unpaired) electrons. The summed E-state index contributed by atoms with van der Waals surface area (Å²) in [5, 5.41) is 8.03. The monoisotopic (exact) mass is 419 g/mol. The number of hydrogen-bond acceptors (Lipinski definition) is 7. The summed E-state index contributed by atoms with van der Waals surface area (Å²) in [6, 6.07) is 0.152. The molecule has 3 rings (SSSR count). The Bertz CT molecular complexity index is 913. The zero-order valence-corrected chi connectivity index (χ0v) is 18.5. The van der Waals surface area contributed by atoms with E-state index in [-0.39, 0.29) is 25.0 Å². The van der Waals surface area contributed by atoms with Crippen molar-refractivity contribution < 1.29 is 14.3 Å². The SMILES string of the molecule is CSc1nc2nc(C)c(CC(=O)OCC(=O)N[C@H]3CCC[C@H](C)[C@@H]3C)c(C)n2n1. The molecule has 1 saturated carbocycles. The molecule has 2 aromatic rings. The second kappa shape index (κ2) is 9.11. The predicted octanol–water partition coefficient (Wildman–Crippen LogP) is 2.49. The van der Waals surface area contributed by atoms with Crippen molar-refractivity contribution in [1.29, 1.82) is 0 Å². The molecule has 1 aliphatic carbocycles. The van der Waals surface area contributed by atoms with Gasteiger partial charge in [-0.3, -0.25) is 9.59 Å². The van der Waals surface area contributed by atoms with Gasteiger partial charge in [-0.2, -0.15) is 4.98 Å². The van der Waals surface area contributed by atoms with E-state index in [1.165, 1.54) is 18.2 Å². The molecule has 0 spiro atoms. The topological polar surface area (TPSA) is 98.5 Å². The van der Waals surface area contributed by atoms with E-state index in [2.05, 4.69) is 34.2 Å². The Morgan fingerprint density at radius 1 is 1.24 bits per heavy atom. The van der Waals surface area contributed by atoms with Crippen molar-refractivity contribution in [2.24, 2.45) is 11.8 Å². The Hall–Kier alpha value is -2.16. The van der Waals surface area contributed by atoms with Crippen LogP contribution in [0.25, 0.3) is 5.78 Å². The molecule has 1 aliphatic rings. The number of aryl methyl sites for hydroxylation is 2. The van der Waals surface area contributed by atoms with E-state index in [0.29, 0.717) is 28.5 Å². The van der Waals surface area contributed by atoms with Crippen LogP contribution in [0, 0.1) is 25.7 Å². The van der Waals surface area contributed by atoms with Crippen LogP contribution in [0.3, 0.4) is 0 Å². The minimum Gasteiger partial charge on any atom is -0.455 e. The van der Waals surface area contributed by atoms with Crippen LogP contribution < -0.4 is 5.32 Å². The van der Waals surface area contributed by atoms with Crippen LogP contribution in [-0.4, -0.2) is 50.4 Å². The lowest BCUT2D eigenvalue weighted by atomic mass is 9.78. The van der Waals surface area contributed by atoms with Gasteiger partial charge >= 0.3 is 5.97 Å². The minimum absolute atomic E-state index is 0.0409. The maximum absolute atomic E-state index is 12.3. The first-order valence-corrected chi connectivity index (χ1v) is 11.2. The molecule has 2 aromatic heterocycles. The van der Waals surface area contributed by atoms with Crippen molar-refractivity contribution in [2.45, 2.75) is 64.6 Å². The number of ether oxygens (including phenoxy) is 1. The number of rotatable bonds is 6. The third kappa shape index (κ3) is 4.88. The molecule has 0 unspecified atom stereocenters. The quantitative estimate of drug-likeness (QED) is 0.567. The van der Waals surface area contributed by atoms with E-state index in [0.717, 1.165) is 24.1 Å². The average Bonchev–Trinajstić information content (AvgIpc) is 3.10. The highest BCUT2D eigenvalue weighted by molar-refractivity contribution is 7.98. The van der Waals surface area contributed by atoms with Crippen molar-refractivity contribution in [3.05, 3.63) is 17.0 Å². The van der Waals surface area contributed by atoms with Crippen molar-refractivity contribution in [2.75, 3.05) is 12.9 Å². The number of nitrogens with zero attached hydrogens (tertiary/aromatic N) is 4. The highest BCUT2D eigenvalue weighted by atomic mass is 32.2. The van der Waals surface area contributed by atoms with Gasteiger partial charge in [0.15, 0.2) is 6.61 Å². The minimum atomic E-state index is -0.456. The van der Waals surface area contributed by atoms with E-state index in [1.54, 1.807) is 4.52 Å². The standard InChI is InChI=1S/C20H29N5O3S/c1-11-7-6-8-16(12(11)2)22-17(26)10-28-18(27)9-15-13(3)21-19-23-20(29-5)24-25(19)14(15)4/h11-12,16H,6-10H2,1-5H3,(H,22,26)/t11-,12-,16-/m0/s1. The first-order chi connectivity index (χ1) is 13.8. The largest absolute Gasteiger partial charge is 0.455 e. The van der Waals surface area contributed by atoms with Crippen LogP contribution in [0.15, 0.2) is 5.16 Å². The summed E-state index contributed by atoms with van der Waals surface area (Å²) in [6.07, 6.45) is 5.23. The van der Waals surface area contributed by atoms with Crippen LogP contribution in [0.2, 0.25) is 0 Å². The Labute approximate surface area is 175 Å². The molecule has 29 heavy (non-hydrogen) atoms. The third-order valence-corrected chi connectivity index (χ3v) is 6.49. The van der Waals surface area contributed by atoms with Gasteiger partial charge in [-0.15, -0.1) is 5.10 Å². The summed E-state index contributed by atoms with van der Waals surface area (Å²) in [4.78, 5) is 33.4. The fourth-order valence-electron chi connectivity index (χ4n) is 3.91. The Morgan fingerprint density at radius 3 is 2.72 bits per heavy atom. The Balaban J connectivity index is 1.58. The molecule has 9 heteroatoms. The summed E-state index contributed by atoms with van der Waals surface area (Å²) < 4.78 is 6.87. The fraction of sp³-hybridized carbons (Fsp3) is 0.650. The number of nitrogens with one attached hydrogen (secondary N) is 1. The maximum Gasteiger partial charge on any atom is 0.310 e. The smallest absolute Gasteiger partial charge is 0.310 e. The molecular weight excluding hydrogens is 390 g/mol. The van der Waals surface area contributed by atoms with Crippen molar-refractivity contribution in [3.63, 3.8) is 0 Å². The van der Waals surface area contributed by atoms with Gasteiger partial charge in [-0.05, 0) is 38.4 Å². The van der Waals surface area contributed by atoms with Crippen LogP contribution in [0.1, 0.15) is 50.1 Å². The molecule has 3 atom stereocenters.